The van der Waals surface area contributed by atoms with Crippen molar-refractivity contribution in [1.29, 1.82) is 0 Å². The normalized spacial score (nSPS) is 21.6. The molecular formula is C35H43N3O5S. The number of fused-ring (bicyclic) bond motifs is 1. The molecule has 8 nitrogen and oxygen atoms in total. The first-order valence-corrected chi connectivity index (χ1v) is 17.8. The fourth-order valence-electron chi connectivity index (χ4n) is 7.30. The fraction of sp³-hybridized carbons (Fsp3) is 0.514. The van der Waals surface area contributed by atoms with Gasteiger partial charge >= 0.3 is 0 Å². The monoisotopic (exact) mass is 617 g/mol. The van der Waals surface area contributed by atoms with Gasteiger partial charge in [0.25, 0.3) is 0 Å². The van der Waals surface area contributed by atoms with Crippen LogP contribution in [-0.4, -0.2) is 47.2 Å². The number of sulfonamides is 1. The minimum atomic E-state index is -3.44. The van der Waals surface area contributed by atoms with E-state index in [1.165, 1.54) is 12.0 Å². The minimum absolute atomic E-state index is 0.0199. The lowest BCUT2D eigenvalue weighted by Crippen LogP contribution is -2.39. The summed E-state index contributed by atoms with van der Waals surface area (Å²) < 4.78 is 39.7. The van der Waals surface area contributed by atoms with E-state index in [9.17, 15) is 13.2 Å². The number of nitrogens with zero attached hydrogens (tertiary/aromatic N) is 2. The van der Waals surface area contributed by atoms with Crippen molar-refractivity contribution < 1.29 is 22.4 Å². The molecule has 3 aromatic rings. The van der Waals surface area contributed by atoms with Crippen molar-refractivity contribution in [3.8, 4) is 0 Å². The molecule has 1 saturated carbocycles. The SMILES string of the molecule is Cc1ccc(C(NC(=O)C2(c3ccc4c(c3)CS(=O)(=O)N4CC3CCOCC3)CC2)c2ccc(C)o2)c(N2CCCCC2)c1. The largest absolute Gasteiger partial charge is 0.464 e. The van der Waals surface area contributed by atoms with E-state index >= 15 is 0 Å². The number of aryl methyl sites for hydroxylation is 2. The molecule has 2 saturated heterocycles. The van der Waals surface area contributed by atoms with Crippen LogP contribution in [0.3, 0.4) is 0 Å². The molecule has 1 unspecified atom stereocenters. The molecule has 2 aromatic carbocycles. The van der Waals surface area contributed by atoms with Gasteiger partial charge in [0, 0.05) is 44.1 Å². The van der Waals surface area contributed by atoms with Gasteiger partial charge in [-0.1, -0.05) is 24.3 Å². The number of carbonyl (C=O) groups is 1. The highest BCUT2D eigenvalue weighted by Crippen LogP contribution is 2.51. The summed E-state index contributed by atoms with van der Waals surface area (Å²) in [6.07, 6.45) is 6.77. The molecule has 3 fully saturated rings. The third kappa shape index (κ3) is 5.53. The van der Waals surface area contributed by atoms with Gasteiger partial charge in [-0.25, -0.2) is 8.42 Å². The molecule has 9 heteroatoms. The number of carbonyl (C=O) groups excluding carboxylic acids is 1. The number of hydrogen-bond donors (Lipinski definition) is 1. The molecule has 1 aromatic heterocycles. The second kappa shape index (κ2) is 11.6. The number of piperidine rings is 1. The quantitative estimate of drug-likeness (QED) is 0.339. The Morgan fingerprint density at radius 1 is 0.977 bits per heavy atom. The highest BCUT2D eigenvalue weighted by Gasteiger charge is 2.52. The van der Waals surface area contributed by atoms with Crippen LogP contribution in [0.15, 0.2) is 52.9 Å². The molecule has 44 heavy (non-hydrogen) atoms. The van der Waals surface area contributed by atoms with Crippen LogP contribution in [0.2, 0.25) is 0 Å². The minimum Gasteiger partial charge on any atom is -0.464 e. The van der Waals surface area contributed by atoms with Gasteiger partial charge in [0.05, 0.1) is 16.9 Å². The second-order valence-electron chi connectivity index (χ2n) is 13.2. The van der Waals surface area contributed by atoms with E-state index in [1.807, 2.05) is 37.3 Å². The summed E-state index contributed by atoms with van der Waals surface area (Å²) in [6, 6.07) is 15.8. The summed E-state index contributed by atoms with van der Waals surface area (Å²) in [7, 11) is -3.44. The number of amides is 1. The zero-order valence-corrected chi connectivity index (χ0v) is 26.6. The number of furan rings is 1. The van der Waals surface area contributed by atoms with Gasteiger partial charge in [-0.15, -0.1) is 0 Å². The molecule has 1 atom stereocenters. The van der Waals surface area contributed by atoms with Crippen LogP contribution in [0.1, 0.15) is 84.8 Å². The summed E-state index contributed by atoms with van der Waals surface area (Å²) in [5.74, 6) is 1.76. The summed E-state index contributed by atoms with van der Waals surface area (Å²) in [4.78, 5) is 16.7. The van der Waals surface area contributed by atoms with Gasteiger partial charge in [0.2, 0.25) is 15.9 Å². The number of hydrogen-bond acceptors (Lipinski definition) is 6. The van der Waals surface area contributed by atoms with Crippen molar-refractivity contribution >= 4 is 27.3 Å². The average molecular weight is 618 g/mol. The van der Waals surface area contributed by atoms with Crippen molar-refractivity contribution in [2.24, 2.45) is 5.92 Å². The topological polar surface area (TPSA) is 92.1 Å². The Hall–Kier alpha value is -3.30. The average Bonchev–Trinajstić information content (AvgIpc) is 3.67. The smallest absolute Gasteiger partial charge is 0.239 e. The molecule has 0 bridgehead atoms. The summed E-state index contributed by atoms with van der Waals surface area (Å²) in [5, 5.41) is 3.41. The summed E-state index contributed by atoms with van der Waals surface area (Å²) in [6.45, 7) is 7.90. The first kappa shape index (κ1) is 29.4. The van der Waals surface area contributed by atoms with Gasteiger partial charge in [0.1, 0.15) is 17.6 Å². The Balaban J connectivity index is 1.18. The number of benzene rings is 2. The molecular weight excluding hydrogens is 574 g/mol. The second-order valence-corrected chi connectivity index (χ2v) is 15.1. The van der Waals surface area contributed by atoms with E-state index in [1.54, 1.807) is 4.31 Å². The molecule has 0 radical (unpaired) electrons. The van der Waals surface area contributed by atoms with Gasteiger partial charge in [-0.3, -0.25) is 9.10 Å². The molecule has 234 valence electrons. The zero-order valence-electron chi connectivity index (χ0n) is 25.8. The van der Waals surface area contributed by atoms with E-state index < -0.39 is 21.5 Å². The van der Waals surface area contributed by atoms with E-state index in [0.29, 0.717) is 25.7 Å². The van der Waals surface area contributed by atoms with Crippen LogP contribution in [-0.2, 0) is 30.7 Å². The third-order valence-electron chi connectivity index (χ3n) is 10.0. The van der Waals surface area contributed by atoms with E-state index in [4.69, 9.17) is 9.15 Å². The molecule has 1 aliphatic carbocycles. The third-order valence-corrected chi connectivity index (χ3v) is 11.7. The van der Waals surface area contributed by atoms with Crippen LogP contribution in [0, 0.1) is 19.8 Å². The lowest BCUT2D eigenvalue weighted by Gasteiger charge is -2.33. The van der Waals surface area contributed by atoms with Crippen molar-refractivity contribution in [3.05, 3.63) is 82.3 Å². The van der Waals surface area contributed by atoms with Crippen LogP contribution in [0.5, 0.6) is 0 Å². The Kier molecular flexibility index (Phi) is 7.73. The number of anilines is 2. The fourth-order valence-corrected chi connectivity index (χ4v) is 9.00. The lowest BCUT2D eigenvalue weighted by atomic mass is 9.91. The first-order chi connectivity index (χ1) is 21.2. The molecule has 3 aliphatic heterocycles. The lowest BCUT2D eigenvalue weighted by molar-refractivity contribution is -0.124. The predicted molar refractivity (Wildman–Crippen MR) is 172 cm³/mol. The Morgan fingerprint density at radius 2 is 1.75 bits per heavy atom. The molecule has 7 rings (SSSR count). The standard InChI is InChI=1S/C35H43N3O5S/c1-24-6-9-29(31(20-24)37-16-4-3-5-17-37)33(32-11-7-25(2)43-32)36-34(39)35(14-15-35)28-8-10-30-27(21-28)23-44(40,41)38(30)22-26-12-18-42-19-13-26/h6-11,20-21,26,33H,3-5,12-19,22-23H2,1-2H3,(H,36,39). The predicted octanol–water partition coefficient (Wildman–Crippen LogP) is 5.90. The van der Waals surface area contributed by atoms with Crippen molar-refractivity contribution in [2.45, 2.75) is 76.0 Å². The van der Waals surface area contributed by atoms with Crippen LogP contribution < -0.4 is 14.5 Å². The molecule has 1 amide bonds. The van der Waals surface area contributed by atoms with Crippen molar-refractivity contribution in [3.63, 3.8) is 0 Å². The van der Waals surface area contributed by atoms with E-state index in [0.717, 1.165) is 91.2 Å². The number of ether oxygens (including phenoxy) is 1. The highest BCUT2D eigenvalue weighted by molar-refractivity contribution is 7.92. The van der Waals surface area contributed by atoms with E-state index in [2.05, 4.69) is 35.3 Å². The van der Waals surface area contributed by atoms with Gasteiger partial charge < -0.3 is 19.4 Å². The maximum Gasteiger partial charge on any atom is 0.239 e. The van der Waals surface area contributed by atoms with Crippen molar-refractivity contribution in [2.75, 3.05) is 42.1 Å². The number of nitrogens with one attached hydrogen (secondary N) is 1. The first-order valence-electron chi connectivity index (χ1n) is 16.2. The van der Waals surface area contributed by atoms with Crippen LogP contribution in [0.25, 0.3) is 0 Å². The molecule has 4 aliphatic rings. The van der Waals surface area contributed by atoms with Gasteiger partial charge in [0.15, 0.2) is 0 Å². The van der Waals surface area contributed by atoms with Gasteiger partial charge in [-0.2, -0.15) is 0 Å². The van der Waals surface area contributed by atoms with Crippen LogP contribution >= 0.6 is 0 Å². The Labute approximate surface area is 260 Å². The highest BCUT2D eigenvalue weighted by atomic mass is 32.2. The summed E-state index contributed by atoms with van der Waals surface area (Å²) >= 11 is 0. The van der Waals surface area contributed by atoms with Crippen LogP contribution in [0.4, 0.5) is 11.4 Å². The Morgan fingerprint density at radius 3 is 2.45 bits per heavy atom. The molecule has 0 spiro atoms. The maximum absolute atomic E-state index is 14.3. The summed E-state index contributed by atoms with van der Waals surface area (Å²) in [5.41, 5.74) is 5.15. The van der Waals surface area contributed by atoms with Gasteiger partial charge in [-0.05, 0) is 106 Å². The number of rotatable bonds is 8. The zero-order chi connectivity index (χ0) is 30.5. The van der Waals surface area contributed by atoms with E-state index in [-0.39, 0.29) is 11.7 Å². The Bertz CT molecular complexity index is 1650. The molecule has 4 heterocycles. The van der Waals surface area contributed by atoms with Crippen molar-refractivity contribution in [1.82, 2.24) is 5.32 Å². The maximum atomic E-state index is 14.3. The molecule has 1 N–H and O–H groups in total.